The number of hydrogen-bond donors (Lipinski definition) is 1. The first-order valence-corrected chi connectivity index (χ1v) is 8.55. The number of aromatic hydroxyl groups is 1. The highest BCUT2D eigenvalue weighted by atomic mass is 32.2. The summed E-state index contributed by atoms with van der Waals surface area (Å²) in [6.45, 7) is 0. The van der Waals surface area contributed by atoms with Crippen molar-refractivity contribution in [2.45, 2.75) is 9.79 Å². The Hall–Kier alpha value is -2.93. The van der Waals surface area contributed by atoms with Gasteiger partial charge in [0.15, 0.2) is 6.29 Å². The average molecular weight is 342 g/mol. The predicted octanol–water partition coefficient (Wildman–Crippen LogP) is 2.44. The molecule has 0 saturated carbocycles. The van der Waals surface area contributed by atoms with Gasteiger partial charge in [0.1, 0.15) is 11.3 Å². The zero-order valence-electron chi connectivity index (χ0n) is 12.7. The van der Waals surface area contributed by atoms with Gasteiger partial charge in [-0.3, -0.25) is 4.79 Å². The Labute approximate surface area is 138 Å². The van der Waals surface area contributed by atoms with Gasteiger partial charge in [0.05, 0.1) is 9.79 Å². The molecule has 1 N–H and O–H groups in total. The number of aldehydes is 1. The minimum absolute atomic E-state index is 0.0659. The van der Waals surface area contributed by atoms with Crippen molar-refractivity contribution in [2.75, 3.05) is 0 Å². The lowest BCUT2D eigenvalue weighted by Gasteiger charge is -2.05. The lowest BCUT2D eigenvalue weighted by molar-refractivity contribution is 0.112. The molecule has 6 nitrogen and oxygen atoms in total. The van der Waals surface area contributed by atoms with Crippen LogP contribution >= 0.6 is 0 Å². The molecule has 0 amide bonds. The third kappa shape index (κ3) is 2.59. The van der Waals surface area contributed by atoms with E-state index in [1.807, 2.05) is 0 Å². The van der Waals surface area contributed by atoms with E-state index in [4.69, 9.17) is 0 Å². The van der Waals surface area contributed by atoms with Crippen molar-refractivity contribution >= 4 is 16.1 Å². The van der Waals surface area contributed by atoms with E-state index in [1.165, 1.54) is 36.0 Å². The molecule has 0 unspecified atom stereocenters. The van der Waals surface area contributed by atoms with Crippen LogP contribution in [0.25, 0.3) is 11.3 Å². The van der Waals surface area contributed by atoms with Crippen LogP contribution in [0.15, 0.2) is 64.4 Å². The number of benzene rings is 2. The largest absolute Gasteiger partial charge is 0.493 e. The minimum atomic E-state index is -3.60. The van der Waals surface area contributed by atoms with Crippen molar-refractivity contribution in [1.82, 2.24) is 9.78 Å². The lowest BCUT2D eigenvalue weighted by Crippen LogP contribution is -2.01. The molecule has 0 aliphatic heterocycles. The third-order valence-electron chi connectivity index (χ3n) is 3.66. The van der Waals surface area contributed by atoms with Crippen molar-refractivity contribution in [3.63, 3.8) is 0 Å². The monoisotopic (exact) mass is 342 g/mol. The first kappa shape index (κ1) is 15.9. The maximum atomic E-state index is 12.5. The highest BCUT2D eigenvalue weighted by molar-refractivity contribution is 7.91. The summed E-state index contributed by atoms with van der Waals surface area (Å²) in [5.41, 5.74) is 0.907. The number of rotatable bonds is 4. The molecule has 1 aromatic heterocycles. The summed E-state index contributed by atoms with van der Waals surface area (Å²) < 4.78 is 26.3. The summed E-state index contributed by atoms with van der Waals surface area (Å²) in [6.07, 6.45) is 0.520. The molecule has 122 valence electrons. The zero-order valence-corrected chi connectivity index (χ0v) is 13.6. The van der Waals surface area contributed by atoms with Crippen LogP contribution in [-0.4, -0.2) is 29.6 Å². The molecular weight excluding hydrogens is 328 g/mol. The molecule has 0 spiro atoms. The summed E-state index contributed by atoms with van der Waals surface area (Å²) in [6, 6.07) is 14.2. The summed E-state index contributed by atoms with van der Waals surface area (Å²) in [5.74, 6) is -0.235. The Morgan fingerprint density at radius 2 is 1.58 bits per heavy atom. The van der Waals surface area contributed by atoms with E-state index in [-0.39, 0.29) is 21.2 Å². The predicted molar refractivity (Wildman–Crippen MR) is 87.6 cm³/mol. The van der Waals surface area contributed by atoms with Crippen molar-refractivity contribution in [2.24, 2.45) is 7.05 Å². The highest BCUT2D eigenvalue weighted by Gasteiger charge is 2.19. The van der Waals surface area contributed by atoms with Gasteiger partial charge in [-0.15, -0.1) is 0 Å². The smallest absolute Gasteiger partial charge is 0.220 e. The Balaban J connectivity index is 2.04. The quantitative estimate of drug-likeness (QED) is 0.736. The summed E-state index contributed by atoms with van der Waals surface area (Å²) in [7, 11) is -2.09. The van der Waals surface area contributed by atoms with E-state index < -0.39 is 9.84 Å². The van der Waals surface area contributed by atoms with E-state index in [0.29, 0.717) is 17.5 Å². The fraction of sp³-hybridized carbons (Fsp3) is 0.0588. The summed E-state index contributed by atoms with van der Waals surface area (Å²) >= 11 is 0. The van der Waals surface area contributed by atoms with Crippen molar-refractivity contribution < 1.29 is 18.3 Å². The molecule has 0 aliphatic carbocycles. The number of aryl methyl sites for hydroxylation is 1. The van der Waals surface area contributed by atoms with Crippen LogP contribution in [0.1, 0.15) is 10.4 Å². The van der Waals surface area contributed by atoms with Crippen LogP contribution in [0, 0.1) is 0 Å². The number of carbonyl (C=O) groups excluding carboxylic acids is 1. The van der Waals surface area contributed by atoms with Gasteiger partial charge in [-0.25, -0.2) is 13.1 Å². The lowest BCUT2D eigenvalue weighted by atomic mass is 10.1. The first-order valence-electron chi connectivity index (χ1n) is 7.07. The molecule has 0 aliphatic rings. The Morgan fingerprint density at radius 3 is 2.17 bits per heavy atom. The van der Waals surface area contributed by atoms with Crippen LogP contribution in [-0.2, 0) is 16.9 Å². The van der Waals surface area contributed by atoms with E-state index in [1.54, 1.807) is 30.3 Å². The van der Waals surface area contributed by atoms with Gasteiger partial charge < -0.3 is 5.11 Å². The fourth-order valence-electron chi connectivity index (χ4n) is 2.38. The number of hydrogen-bond acceptors (Lipinski definition) is 5. The minimum Gasteiger partial charge on any atom is -0.493 e. The first-order chi connectivity index (χ1) is 11.4. The Bertz CT molecular complexity index is 991. The van der Waals surface area contributed by atoms with E-state index in [2.05, 4.69) is 5.10 Å². The van der Waals surface area contributed by atoms with Gasteiger partial charge in [-0.05, 0) is 24.3 Å². The Kier molecular flexibility index (Phi) is 3.94. The van der Waals surface area contributed by atoms with Crippen LogP contribution < -0.4 is 0 Å². The normalized spacial score (nSPS) is 11.4. The SMILES string of the molecule is Cn1nc(-c2ccc(S(=O)(=O)c3ccccc3)cc2)c(C=O)c1O. The van der Waals surface area contributed by atoms with Crippen LogP contribution in [0.2, 0.25) is 0 Å². The number of aromatic nitrogens is 2. The van der Waals surface area contributed by atoms with Gasteiger partial charge in [-0.1, -0.05) is 30.3 Å². The van der Waals surface area contributed by atoms with Crippen LogP contribution in [0.3, 0.4) is 0 Å². The molecule has 0 fully saturated rings. The second kappa shape index (κ2) is 5.93. The molecule has 24 heavy (non-hydrogen) atoms. The summed E-state index contributed by atoms with van der Waals surface area (Å²) in [4.78, 5) is 11.5. The maximum absolute atomic E-state index is 12.5. The standard InChI is InChI=1S/C17H14N2O4S/c1-19-17(21)15(11-20)16(18-19)12-7-9-14(10-8-12)24(22,23)13-5-3-2-4-6-13/h2-11,21H,1H3. The topological polar surface area (TPSA) is 89.3 Å². The molecular formula is C17H14N2O4S. The van der Waals surface area contributed by atoms with E-state index in [0.717, 1.165) is 0 Å². The summed E-state index contributed by atoms with van der Waals surface area (Å²) in [5, 5.41) is 13.9. The van der Waals surface area contributed by atoms with Gasteiger partial charge in [0.25, 0.3) is 0 Å². The van der Waals surface area contributed by atoms with Crippen molar-refractivity contribution in [1.29, 1.82) is 0 Å². The highest BCUT2D eigenvalue weighted by Crippen LogP contribution is 2.29. The van der Waals surface area contributed by atoms with Gasteiger partial charge in [-0.2, -0.15) is 5.10 Å². The van der Waals surface area contributed by atoms with E-state index in [9.17, 15) is 18.3 Å². The average Bonchev–Trinajstić information content (AvgIpc) is 2.90. The number of carbonyl (C=O) groups is 1. The molecule has 2 aromatic carbocycles. The van der Waals surface area contributed by atoms with Crippen molar-refractivity contribution in [3.8, 4) is 17.1 Å². The van der Waals surface area contributed by atoms with E-state index >= 15 is 0 Å². The second-order valence-electron chi connectivity index (χ2n) is 5.17. The second-order valence-corrected chi connectivity index (χ2v) is 7.12. The molecule has 0 radical (unpaired) electrons. The fourth-order valence-corrected chi connectivity index (χ4v) is 3.66. The molecule has 1 heterocycles. The Morgan fingerprint density at radius 1 is 1.00 bits per heavy atom. The maximum Gasteiger partial charge on any atom is 0.220 e. The molecule has 0 atom stereocenters. The molecule has 7 heteroatoms. The third-order valence-corrected chi connectivity index (χ3v) is 5.45. The van der Waals surface area contributed by atoms with Crippen LogP contribution in [0.5, 0.6) is 5.88 Å². The van der Waals surface area contributed by atoms with Gasteiger partial charge in [0.2, 0.25) is 15.7 Å². The van der Waals surface area contributed by atoms with Crippen LogP contribution in [0.4, 0.5) is 0 Å². The van der Waals surface area contributed by atoms with Crippen molar-refractivity contribution in [3.05, 3.63) is 60.2 Å². The molecule has 3 rings (SSSR count). The number of nitrogens with zero attached hydrogens (tertiary/aromatic N) is 2. The molecule has 0 saturated heterocycles. The molecule has 3 aromatic rings. The zero-order chi connectivity index (χ0) is 17.3. The van der Waals surface area contributed by atoms with Gasteiger partial charge >= 0.3 is 0 Å². The van der Waals surface area contributed by atoms with Gasteiger partial charge in [0, 0.05) is 12.6 Å². The molecule has 0 bridgehead atoms. The number of sulfone groups is 1.